The van der Waals surface area contributed by atoms with Crippen molar-refractivity contribution in [3.8, 4) is 11.3 Å². The highest BCUT2D eigenvalue weighted by Crippen LogP contribution is 2.31. The minimum Gasteiger partial charge on any atom is -0.354 e. The second-order valence-corrected chi connectivity index (χ2v) is 10.2. The zero-order valence-corrected chi connectivity index (χ0v) is 20.8. The summed E-state index contributed by atoms with van der Waals surface area (Å²) < 4.78 is 0. The third kappa shape index (κ3) is 5.28. The van der Waals surface area contributed by atoms with Crippen LogP contribution in [0.2, 0.25) is 0 Å². The molecular formula is C32H38N2. The number of unbranched alkanes of at least 4 members (excludes halogenated alkanes) is 1. The lowest BCUT2D eigenvalue weighted by Gasteiger charge is -2.16. The number of hydrogen-bond acceptors (Lipinski definition) is 1. The SMILES string of the molecule is Cc1cc(C)cc(-c2[nH]c3ccccc3c2CCNCCCCc2ccc3c(c2)CCCC3)c1. The third-order valence-electron chi connectivity index (χ3n) is 7.36. The lowest BCUT2D eigenvalue weighted by Crippen LogP contribution is -2.18. The number of aromatic nitrogens is 1. The fraction of sp³-hybridized carbons (Fsp3) is 0.375. The molecule has 5 rings (SSSR count). The Kier molecular flexibility index (Phi) is 7.16. The average Bonchev–Trinajstić information content (AvgIpc) is 3.21. The molecule has 2 heteroatoms. The Morgan fingerprint density at radius 3 is 2.41 bits per heavy atom. The van der Waals surface area contributed by atoms with Crippen LogP contribution in [0.1, 0.15) is 59.1 Å². The van der Waals surface area contributed by atoms with Gasteiger partial charge in [0.15, 0.2) is 0 Å². The van der Waals surface area contributed by atoms with E-state index in [1.807, 2.05) is 0 Å². The van der Waals surface area contributed by atoms with Crippen molar-refractivity contribution in [2.75, 3.05) is 13.1 Å². The van der Waals surface area contributed by atoms with Gasteiger partial charge in [0.05, 0.1) is 0 Å². The van der Waals surface area contributed by atoms with Gasteiger partial charge < -0.3 is 10.3 Å². The molecule has 4 aromatic rings. The largest absolute Gasteiger partial charge is 0.354 e. The minimum atomic E-state index is 1.01. The van der Waals surface area contributed by atoms with Gasteiger partial charge in [-0.15, -0.1) is 0 Å². The van der Waals surface area contributed by atoms with Crippen LogP contribution in [-0.2, 0) is 25.7 Å². The van der Waals surface area contributed by atoms with E-state index in [1.54, 1.807) is 11.1 Å². The summed E-state index contributed by atoms with van der Waals surface area (Å²) in [6.07, 6.45) is 10.0. The van der Waals surface area contributed by atoms with Gasteiger partial charge in [-0.05, 0) is 124 Å². The Bertz CT molecular complexity index is 1240. The maximum atomic E-state index is 3.71. The molecule has 0 radical (unpaired) electrons. The second-order valence-electron chi connectivity index (χ2n) is 10.2. The Morgan fingerprint density at radius 2 is 1.56 bits per heavy atom. The molecule has 1 aliphatic rings. The van der Waals surface area contributed by atoms with Gasteiger partial charge in [0, 0.05) is 16.6 Å². The van der Waals surface area contributed by atoms with E-state index in [0.717, 1.165) is 19.5 Å². The number of nitrogens with one attached hydrogen (secondary N) is 2. The van der Waals surface area contributed by atoms with Crippen LogP contribution in [0.4, 0.5) is 0 Å². The van der Waals surface area contributed by atoms with Crippen LogP contribution in [0, 0.1) is 13.8 Å². The predicted molar refractivity (Wildman–Crippen MR) is 146 cm³/mol. The van der Waals surface area contributed by atoms with E-state index >= 15 is 0 Å². The van der Waals surface area contributed by atoms with Gasteiger partial charge in [0.2, 0.25) is 0 Å². The van der Waals surface area contributed by atoms with E-state index in [2.05, 4.69) is 84.8 Å². The van der Waals surface area contributed by atoms with Crippen molar-refractivity contribution < 1.29 is 0 Å². The number of aryl methyl sites for hydroxylation is 5. The van der Waals surface area contributed by atoms with E-state index in [4.69, 9.17) is 0 Å². The Labute approximate surface area is 204 Å². The first kappa shape index (κ1) is 22.9. The van der Waals surface area contributed by atoms with Crippen molar-refractivity contribution in [1.82, 2.24) is 10.3 Å². The lowest BCUT2D eigenvalue weighted by molar-refractivity contribution is 0.622. The molecular weight excluding hydrogens is 412 g/mol. The van der Waals surface area contributed by atoms with E-state index in [1.165, 1.54) is 89.4 Å². The van der Waals surface area contributed by atoms with E-state index in [9.17, 15) is 0 Å². The fourth-order valence-electron chi connectivity index (χ4n) is 5.68. The van der Waals surface area contributed by atoms with E-state index in [0.29, 0.717) is 0 Å². The highest BCUT2D eigenvalue weighted by Gasteiger charge is 2.13. The van der Waals surface area contributed by atoms with Crippen LogP contribution >= 0.6 is 0 Å². The summed E-state index contributed by atoms with van der Waals surface area (Å²) in [5, 5.41) is 5.06. The molecule has 1 heterocycles. The van der Waals surface area contributed by atoms with E-state index in [-0.39, 0.29) is 0 Å². The normalized spacial score (nSPS) is 13.4. The summed E-state index contributed by atoms with van der Waals surface area (Å²) in [4.78, 5) is 3.71. The number of H-pyrrole nitrogens is 1. The predicted octanol–water partition coefficient (Wildman–Crippen LogP) is 7.49. The van der Waals surface area contributed by atoms with Gasteiger partial charge in [-0.3, -0.25) is 0 Å². The first-order valence-corrected chi connectivity index (χ1v) is 13.2. The summed E-state index contributed by atoms with van der Waals surface area (Å²) in [7, 11) is 0. The minimum absolute atomic E-state index is 1.01. The maximum Gasteiger partial charge on any atom is 0.0498 e. The first-order valence-electron chi connectivity index (χ1n) is 13.2. The topological polar surface area (TPSA) is 27.8 Å². The molecule has 0 saturated carbocycles. The Balaban J connectivity index is 1.16. The van der Waals surface area contributed by atoms with Crippen LogP contribution in [0.15, 0.2) is 60.7 Å². The highest BCUT2D eigenvalue weighted by atomic mass is 14.8. The molecule has 0 amide bonds. The van der Waals surface area contributed by atoms with Crippen LogP contribution < -0.4 is 5.32 Å². The summed E-state index contributed by atoms with van der Waals surface area (Å²) in [6.45, 7) is 6.47. The average molecular weight is 451 g/mol. The molecule has 1 aromatic heterocycles. The smallest absolute Gasteiger partial charge is 0.0498 e. The molecule has 176 valence electrons. The number of para-hydroxylation sites is 1. The number of rotatable bonds is 9. The van der Waals surface area contributed by atoms with Gasteiger partial charge in [0.1, 0.15) is 0 Å². The number of benzene rings is 3. The monoisotopic (exact) mass is 450 g/mol. The molecule has 0 saturated heterocycles. The fourth-order valence-corrected chi connectivity index (χ4v) is 5.68. The molecule has 34 heavy (non-hydrogen) atoms. The Morgan fingerprint density at radius 1 is 0.765 bits per heavy atom. The van der Waals surface area contributed by atoms with Crippen LogP contribution in [0.3, 0.4) is 0 Å². The van der Waals surface area contributed by atoms with Crippen molar-refractivity contribution >= 4 is 10.9 Å². The summed E-state index contributed by atoms with van der Waals surface area (Å²) >= 11 is 0. The summed E-state index contributed by atoms with van der Waals surface area (Å²) in [5.41, 5.74) is 12.6. The first-order chi connectivity index (χ1) is 16.7. The zero-order chi connectivity index (χ0) is 23.3. The lowest BCUT2D eigenvalue weighted by atomic mass is 9.89. The van der Waals surface area contributed by atoms with Gasteiger partial charge in [0.25, 0.3) is 0 Å². The van der Waals surface area contributed by atoms with Crippen molar-refractivity contribution in [3.05, 3.63) is 94.0 Å². The molecule has 2 N–H and O–H groups in total. The van der Waals surface area contributed by atoms with Crippen molar-refractivity contribution in [1.29, 1.82) is 0 Å². The van der Waals surface area contributed by atoms with Crippen molar-refractivity contribution in [2.24, 2.45) is 0 Å². The molecule has 3 aromatic carbocycles. The zero-order valence-electron chi connectivity index (χ0n) is 20.8. The molecule has 0 spiro atoms. The molecule has 0 aliphatic heterocycles. The Hall–Kier alpha value is -2.84. The van der Waals surface area contributed by atoms with Crippen molar-refractivity contribution in [3.63, 3.8) is 0 Å². The van der Waals surface area contributed by atoms with Gasteiger partial charge in [-0.1, -0.05) is 53.6 Å². The summed E-state index contributed by atoms with van der Waals surface area (Å²) in [6, 6.07) is 22.8. The maximum absolute atomic E-state index is 3.71. The number of aromatic amines is 1. The quantitative estimate of drug-likeness (QED) is 0.254. The van der Waals surface area contributed by atoms with Crippen molar-refractivity contribution in [2.45, 2.75) is 65.2 Å². The summed E-state index contributed by atoms with van der Waals surface area (Å²) in [5.74, 6) is 0. The van der Waals surface area contributed by atoms with E-state index < -0.39 is 0 Å². The molecule has 0 unspecified atom stereocenters. The molecule has 1 aliphatic carbocycles. The standard InChI is InChI=1S/C32H38N2/c1-23-19-24(2)21-28(20-23)32-30(29-12-5-6-13-31(29)34-32)16-18-33-17-8-7-9-25-14-15-26-10-3-4-11-27(26)22-25/h5-6,12-15,19-22,33-34H,3-4,7-11,16-18H2,1-2H3. The van der Waals surface area contributed by atoms with Gasteiger partial charge >= 0.3 is 0 Å². The van der Waals surface area contributed by atoms with Crippen LogP contribution in [-0.4, -0.2) is 18.1 Å². The second kappa shape index (κ2) is 10.6. The number of hydrogen-bond donors (Lipinski definition) is 2. The van der Waals surface area contributed by atoms with Gasteiger partial charge in [-0.2, -0.15) is 0 Å². The van der Waals surface area contributed by atoms with Crippen LogP contribution in [0.5, 0.6) is 0 Å². The molecule has 0 atom stereocenters. The third-order valence-corrected chi connectivity index (χ3v) is 7.36. The highest BCUT2D eigenvalue weighted by molar-refractivity contribution is 5.91. The molecule has 0 bridgehead atoms. The van der Waals surface area contributed by atoms with Crippen LogP contribution in [0.25, 0.3) is 22.2 Å². The molecule has 0 fully saturated rings. The van der Waals surface area contributed by atoms with Gasteiger partial charge in [-0.25, -0.2) is 0 Å². The molecule has 2 nitrogen and oxygen atoms in total. The number of fused-ring (bicyclic) bond motifs is 2.